The molecular weight excluding hydrogens is 464 g/mol. The van der Waals surface area contributed by atoms with Gasteiger partial charge >= 0.3 is 5.97 Å². The average molecular weight is 493 g/mol. The van der Waals surface area contributed by atoms with Gasteiger partial charge in [-0.3, -0.25) is 4.79 Å². The van der Waals surface area contributed by atoms with Crippen LogP contribution in [0, 0.1) is 0 Å². The lowest BCUT2D eigenvalue weighted by molar-refractivity contribution is -0.138. The fourth-order valence-corrected chi connectivity index (χ4v) is 5.77. The van der Waals surface area contributed by atoms with Gasteiger partial charge in [0.2, 0.25) is 5.95 Å². The molecule has 4 rings (SSSR count). The average Bonchev–Trinajstić information content (AvgIpc) is 3.28. The van der Waals surface area contributed by atoms with E-state index in [4.69, 9.17) is 0 Å². The van der Waals surface area contributed by atoms with E-state index >= 15 is 0 Å². The van der Waals surface area contributed by atoms with Gasteiger partial charge in [-0.1, -0.05) is 61.2 Å². The summed E-state index contributed by atoms with van der Waals surface area (Å²) in [5.41, 5.74) is 3.27. The number of carbonyl (C=O) groups is 1. The lowest BCUT2D eigenvalue weighted by Crippen LogP contribution is -2.27. The fourth-order valence-electron chi connectivity index (χ4n) is 3.54. The third-order valence-electron chi connectivity index (χ3n) is 5.65. The smallest absolute Gasteiger partial charge is 0.319 e. The van der Waals surface area contributed by atoms with Gasteiger partial charge < -0.3 is 10.0 Å². The van der Waals surface area contributed by atoms with Gasteiger partial charge in [-0.05, 0) is 42.2 Å². The number of aryl methyl sites for hydroxylation is 1. The third-order valence-corrected chi connectivity index (χ3v) is 7.82. The highest BCUT2D eigenvalue weighted by Crippen LogP contribution is 2.34. The van der Waals surface area contributed by atoms with Crippen LogP contribution in [0.5, 0.6) is 0 Å². The van der Waals surface area contributed by atoms with Crippen molar-refractivity contribution in [2.45, 2.75) is 49.2 Å². The maximum Gasteiger partial charge on any atom is 0.319 e. The highest BCUT2D eigenvalue weighted by molar-refractivity contribution is 8.03. The summed E-state index contributed by atoms with van der Waals surface area (Å²) in [5, 5.41) is 13.8. The first-order valence-corrected chi connectivity index (χ1v) is 12.9. The number of aliphatic carboxylic acids is 1. The number of thiazole rings is 1. The monoisotopic (exact) mass is 492 g/mol. The molecule has 0 saturated carbocycles. The number of nitrogens with zero attached hydrogens (tertiary/aromatic N) is 4. The minimum absolute atomic E-state index is 0.685. The predicted octanol–water partition coefficient (Wildman–Crippen LogP) is 5.85. The molecule has 0 radical (unpaired) electrons. The molecule has 4 aromatic rings. The number of carboxylic acids is 1. The van der Waals surface area contributed by atoms with Gasteiger partial charge in [0, 0.05) is 37.3 Å². The summed E-state index contributed by atoms with van der Waals surface area (Å²) < 4.78 is -0.142. The summed E-state index contributed by atoms with van der Waals surface area (Å²) >= 11 is 2.77. The van der Waals surface area contributed by atoms with E-state index in [1.807, 2.05) is 17.8 Å². The molecule has 0 aliphatic heterocycles. The third kappa shape index (κ3) is 5.74. The molecule has 34 heavy (non-hydrogen) atoms. The number of aromatic nitrogens is 3. The van der Waals surface area contributed by atoms with Crippen molar-refractivity contribution in [2.75, 3.05) is 11.4 Å². The van der Waals surface area contributed by atoms with Gasteiger partial charge in [0.25, 0.3) is 0 Å². The van der Waals surface area contributed by atoms with Crippen molar-refractivity contribution in [3.8, 4) is 0 Å². The lowest BCUT2D eigenvalue weighted by atomic mass is 10.0. The highest BCUT2D eigenvalue weighted by Gasteiger charge is 2.29. The van der Waals surface area contributed by atoms with Crippen LogP contribution in [0.1, 0.15) is 37.6 Å². The van der Waals surface area contributed by atoms with E-state index in [2.05, 4.69) is 69.2 Å². The van der Waals surface area contributed by atoms with Crippen LogP contribution in [0.4, 0.5) is 5.95 Å². The van der Waals surface area contributed by atoms with Crippen LogP contribution in [-0.4, -0.2) is 37.3 Å². The van der Waals surface area contributed by atoms with Crippen molar-refractivity contribution in [1.29, 1.82) is 0 Å². The Balaban J connectivity index is 1.55. The van der Waals surface area contributed by atoms with E-state index in [0.29, 0.717) is 25.5 Å². The lowest BCUT2D eigenvalue weighted by Gasteiger charge is -2.23. The molecule has 176 valence electrons. The second-order valence-corrected chi connectivity index (χ2v) is 11.3. The summed E-state index contributed by atoms with van der Waals surface area (Å²) in [6.45, 7) is 6.87. The largest absolute Gasteiger partial charge is 0.480 e. The van der Waals surface area contributed by atoms with Crippen LogP contribution in [0.25, 0.3) is 10.8 Å². The standard InChI is InChI=1S/C26H28N4O2S2/c1-4-18-14-27-24(28-15-18)30(16-20-10-7-9-19-8-5-6-11-22(19)20)13-12-21-17-33-25(29-21)34-26(2,3)23(31)32/h5-11,14-15,17H,4,12-13,16H2,1-3H3,(H,31,32). The highest BCUT2D eigenvalue weighted by atomic mass is 32.2. The van der Waals surface area contributed by atoms with Crippen molar-refractivity contribution in [1.82, 2.24) is 15.0 Å². The van der Waals surface area contributed by atoms with Crippen molar-refractivity contribution >= 4 is 45.8 Å². The Kier molecular flexibility index (Phi) is 7.48. The zero-order chi connectivity index (χ0) is 24.1. The molecule has 0 fully saturated rings. The van der Waals surface area contributed by atoms with Gasteiger partial charge in [0.15, 0.2) is 4.34 Å². The van der Waals surface area contributed by atoms with Crippen LogP contribution >= 0.6 is 23.1 Å². The van der Waals surface area contributed by atoms with E-state index < -0.39 is 10.7 Å². The van der Waals surface area contributed by atoms with Crippen molar-refractivity contribution in [3.63, 3.8) is 0 Å². The molecule has 0 bridgehead atoms. The van der Waals surface area contributed by atoms with Gasteiger partial charge in [0.1, 0.15) is 4.75 Å². The predicted molar refractivity (Wildman–Crippen MR) is 140 cm³/mol. The Morgan fingerprint density at radius 1 is 1.12 bits per heavy atom. The van der Waals surface area contributed by atoms with E-state index in [9.17, 15) is 9.90 Å². The van der Waals surface area contributed by atoms with Gasteiger partial charge in [-0.25, -0.2) is 15.0 Å². The maximum absolute atomic E-state index is 11.5. The van der Waals surface area contributed by atoms with E-state index in [1.54, 1.807) is 13.8 Å². The van der Waals surface area contributed by atoms with Crippen molar-refractivity contribution in [3.05, 3.63) is 77.1 Å². The molecule has 0 saturated heterocycles. The van der Waals surface area contributed by atoms with Crippen molar-refractivity contribution in [2.24, 2.45) is 0 Å². The summed E-state index contributed by atoms with van der Waals surface area (Å²) in [7, 11) is 0. The van der Waals surface area contributed by atoms with E-state index in [-0.39, 0.29) is 0 Å². The fraction of sp³-hybridized carbons (Fsp3) is 0.308. The van der Waals surface area contributed by atoms with E-state index in [0.717, 1.165) is 22.0 Å². The summed E-state index contributed by atoms with van der Waals surface area (Å²) in [4.78, 5) is 27.6. The van der Waals surface area contributed by atoms with Gasteiger partial charge in [0.05, 0.1) is 5.69 Å². The van der Waals surface area contributed by atoms with Crippen molar-refractivity contribution < 1.29 is 9.90 Å². The Hall–Kier alpha value is -2.97. The second kappa shape index (κ2) is 10.5. The number of hydrogen-bond acceptors (Lipinski definition) is 7. The molecule has 8 heteroatoms. The van der Waals surface area contributed by atoms with Crippen LogP contribution < -0.4 is 4.90 Å². The molecule has 1 N–H and O–H groups in total. The molecule has 0 aliphatic rings. The first kappa shape index (κ1) is 24.2. The summed E-state index contributed by atoms with van der Waals surface area (Å²) in [5.74, 6) is -0.148. The van der Waals surface area contributed by atoms with Crippen LogP contribution in [-0.2, 0) is 24.2 Å². The van der Waals surface area contributed by atoms with Gasteiger partial charge in [-0.2, -0.15) is 0 Å². The van der Waals surface area contributed by atoms with Crippen LogP contribution in [0.15, 0.2) is 64.6 Å². The quantitative estimate of drug-likeness (QED) is 0.278. The normalized spacial score (nSPS) is 11.6. The molecule has 0 amide bonds. The topological polar surface area (TPSA) is 79.2 Å². The number of rotatable bonds is 10. The second-order valence-electron chi connectivity index (χ2n) is 8.58. The first-order valence-electron chi connectivity index (χ1n) is 11.2. The molecule has 2 aromatic heterocycles. The van der Waals surface area contributed by atoms with Crippen LogP contribution in [0.3, 0.4) is 0 Å². The molecule has 2 heterocycles. The molecule has 6 nitrogen and oxygen atoms in total. The number of benzene rings is 2. The molecule has 0 aliphatic carbocycles. The number of carboxylic acid groups (broad SMARTS) is 1. The number of anilines is 1. The zero-order valence-corrected chi connectivity index (χ0v) is 21.2. The summed E-state index contributed by atoms with van der Waals surface area (Å²) in [6, 6.07) is 14.8. The van der Waals surface area contributed by atoms with Gasteiger partial charge in [-0.15, -0.1) is 11.3 Å². The molecule has 2 aromatic carbocycles. The number of fused-ring (bicyclic) bond motifs is 1. The van der Waals surface area contributed by atoms with E-state index in [1.165, 1.54) is 39.4 Å². The molecule has 0 atom stereocenters. The van der Waals surface area contributed by atoms with Crippen LogP contribution in [0.2, 0.25) is 0 Å². The Morgan fingerprint density at radius 2 is 1.85 bits per heavy atom. The minimum Gasteiger partial charge on any atom is -0.480 e. The molecular formula is C26H28N4O2S2. The number of thioether (sulfide) groups is 1. The minimum atomic E-state index is -0.912. The number of hydrogen-bond donors (Lipinski definition) is 1. The first-order chi connectivity index (χ1) is 16.4. The zero-order valence-electron chi connectivity index (χ0n) is 19.6. The maximum atomic E-state index is 11.5. The SMILES string of the molecule is CCc1cnc(N(CCc2csc(SC(C)(C)C(=O)O)n2)Cc2cccc3ccccc23)nc1. The Bertz CT molecular complexity index is 1270. The molecule has 0 unspecified atom stereocenters. The Morgan fingerprint density at radius 3 is 2.59 bits per heavy atom. The Labute approximate surface area is 208 Å². The molecule has 0 spiro atoms. The summed E-state index contributed by atoms with van der Waals surface area (Å²) in [6.07, 6.45) is 5.40.